The zero-order valence-corrected chi connectivity index (χ0v) is 33.9. The molecule has 3 aliphatic carbocycles. The van der Waals surface area contributed by atoms with Crippen LogP contribution in [0, 0.1) is 33.3 Å². The summed E-state index contributed by atoms with van der Waals surface area (Å²) >= 11 is 0. The second kappa shape index (κ2) is 16.6. The first-order valence-corrected chi connectivity index (χ1v) is 19.5. The van der Waals surface area contributed by atoms with Gasteiger partial charge < -0.3 is 29.5 Å². The van der Waals surface area contributed by atoms with Gasteiger partial charge in [-0.1, -0.05) is 71.9 Å². The Hall–Kier alpha value is -4.85. The molecule has 2 aromatic carbocycles. The van der Waals surface area contributed by atoms with Crippen molar-refractivity contribution in [2.24, 2.45) is 23.2 Å². The van der Waals surface area contributed by atoms with Crippen LogP contribution >= 0.6 is 0 Å². The lowest BCUT2D eigenvalue weighted by Crippen LogP contribution is -2.44. The number of methoxy groups -OCH3 is 1. The fraction of sp³-hybridized carbons (Fsp3) is 0.535. The van der Waals surface area contributed by atoms with Crippen LogP contribution in [-0.2, 0) is 31.7 Å². The number of nitrogens with one attached hydrogen (secondary N) is 1. The van der Waals surface area contributed by atoms with E-state index in [1.807, 2.05) is 6.07 Å². The number of alkyl halides is 3. The number of non-ortho nitro benzene ring substituents is 1. The number of ether oxygens (including phenoxy) is 3. The van der Waals surface area contributed by atoms with Crippen LogP contribution in [0.2, 0.25) is 0 Å². The number of halogens is 3. The molecule has 1 fully saturated rings. The fourth-order valence-electron chi connectivity index (χ4n) is 8.07. The predicted octanol–water partition coefficient (Wildman–Crippen LogP) is 8.05. The summed E-state index contributed by atoms with van der Waals surface area (Å²) in [6, 6.07) is 9.82. The number of aliphatic hydroxyl groups excluding tert-OH is 1. The molecule has 0 radical (unpaired) electrons. The number of benzene rings is 2. The van der Waals surface area contributed by atoms with Crippen molar-refractivity contribution in [2.45, 2.75) is 97.4 Å². The Labute approximate surface area is 332 Å². The minimum absolute atomic E-state index is 0.0116. The second-order valence-corrected chi connectivity index (χ2v) is 16.3. The Kier molecular flexibility index (Phi) is 12.6. The Balaban J connectivity index is 1.38. The molecular weight excluding hydrogens is 743 g/mol. The molecule has 5 rings (SSSR count). The highest BCUT2D eigenvalue weighted by molar-refractivity contribution is 5.83. The number of amides is 2. The van der Waals surface area contributed by atoms with Crippen LogP contribution in [0.1, 0.15) is 84.4 Å². The smallest absolute Gasteiger partial charge is 0.471 e. The molecule has 0 heterocycles. The average molecular weight is 798 g/mol. The van der Waals surface area contributed by atoms with Crippen molar-refractivity contribution in [1.82, 2.24) is 10.2 Å². The molecule has 11 nitrogen and oxygen atoms in total. The molecule has 57 heavy (non-hydrogen) atoms. The lowest BCUT2D eigenvalue weighted by molar-refractivity contribution is -0.385. The maximum Gasteiger partial charge on any atom is 0.471 e. The topological polar surface area (TPSA) is 140 Å². The van der Waals surface area contributed by atoms with E-state index in [0.717, 1.165) is 36.3 Å². The van der Waals surface area contributed by atoms with Gasteiger partial charge in [0.15, 0.2) is 11.5 Å². The number of hydrogen-bond acceptors (Lipinski definition) is 8. The summed E-state index contributed by atoms with van der Waals surface area (Å²) in [4.78, 5) is 37.9. The summed E-state index contributed by atoms with van der Waals surface area (Å²) in [6.07, 6.45) is 3.12. The number of rotatable bonds is 17. The number of carbonyl (C=O) groups is 2. The van der Waals surface area contributed by atoms with Crippen molar-refractivity contribution in [2.75, 3.05) is 26.8 Å². The van der Waals surface area contributed by atoms with E-state index in [-0.39, 0.29) is 52.7 Å². The van der Waals surface area contributed by atoms with Crippen LogP contribution in [-0.4, -0.2) is 65.8 Å². The summed E-state index contributed by atoms with van der Waals surface area (Å²) < 4.78 is 58.9. The van der Waals surface area contributed by atoms with Crippen molar-refractivity contribution in [3.63, 3.8) is 0 Å². The molecule has 5 unspecified atom stereocenters. The van der Waals surface area contributed by atoms with Gasteiger partial charge in [-0.2, -0.15) is 13.2 Å². The Bertz CT molecular complexity index is 1950. The van der Waals surface area contributed by atoms with Gasteiger partial charge in [0.2, 0.25) is 5.91 Å². The Morgan fingerprint density at radius 3 is 2.30 bits per heavy atom. The van der Waals surface area contributed by atoms with E-state index < -0.39 is 58.5 Å². The van der Waals surface area contributed by atoms with Crippen molar-refractivity contribution in [1.29, 1.82) is 0 Å². The van der Waals surface area contributed by atoms with Gasteiger partial charge in [0.05, 0.1) is 36.1 Å². The quantitative estimate of drug-likeness (QED) is 0.0710. The SMILES string of the molecule is CCN(Cc1cc([N+](=O)[O-])ccc1OC1=C(OC)C=CC2C(O)C3C=CC12C3C(=O)NCCCOc1ccc(C(C)(C)CC)cc1C(C)(C)CC)C(=O)C(F)(F)F. The van der Waals surface area contributed by atoms with Crippen LogP contribution < -0.4 is 14.8 Å². The minimum atomic E-state index is -5.17. The molecule has 0 aromatic heterocycles. The first kappa shape index (κ1) is 43.3. The van der Waals surface area contributed by atoms with Gasteiger partial charge in [0.25, 0.3) is 5.69 Å². The van der Waals surface area contributed by atoms with E-state index in [2.05, 4.69) is 59.0 Å². The van der Waals surface area contributed by atoms with Crippen molar-refractivity contribution < 1.29 is 47.0 Å². The highest BCUT2D eigenvalue weighted by Gasteiger charge is 2.67. The van der Waals surface area contributed by atoms with Gasteiger partial charge in [0.1, 0.15) is 11.5 Å². The molecule has 1 spiro atoms. The van der Waals surface area contributed by atoms with E-state index in [1.54, 1.807) is 24.3 Å². The number of allylic oxidation sites excluding steroid dienone is 2. The number of nitro groups is 1. The van der Waals surface area contributed by atoms with Gasteiger partial charge in [-0.25, -0.2) is 0 Å². The summed E-state index contributed by atoms with van der Waals surface area (Å²) in [5.41, 5.74) is 0.503. The molecule has 0 saturated heterocycles. The first-order valence-electron chi connectivity index (χ1n) is 19.5. The Morgan fingerprint density at radius 2 is 1.68 bits per heavy atom. The fourth-order valence-corrected chi connectivity index (χ4v) is 8.07. The number of fused-ring (bicyclic) bond motifs is 1. The molecular formula is C43H54F3N3O8. The lowest BCUT2D eigenvalue weighted by atomic mass is 9.68. The standard InChI is InChI=1S/C43H54F3N3O8/c1-9-40(4,5)27-13-16-33(31(24-27)41(6,7)10-2)56-22-12-21-47-38(51)35-29-19-20-42(35)30(36(29)50)15-18-34(55-8)37(42)57-32-17-14-28(49(53)54)23-26(32)25-48(11-3)39(52)43(44,45)46/h13-20,23-24,29-30,35-36,50H,9-12,21-22,25H2,1-8H3,(H,47,51). The van der Waals surface area contributed by atoms with Crippen LogP contribution in [0.3, 0.4) is 0 Å². The maximum absolute atomic E-state index is 14.2. The van der Waals surface area contributed by atoms with E-state index in [4.69, 9.17) is 14.2 Å². The first-order chi connectivity index (χ1) is 26.8. The highest BCUT2D eigenvalue weighted by Crippen LogP contribution is 2.64. The monoisotopic (exact) mass is 797 g/mol. The summed E-state index contributed by atoms with van der Waals surface area (Å²) in [5.74, 6) is -3.54. The third-order valence-corrected chi connectivity index (χ3v) is 12.3. The minimum Gasteiger partial charge on any atom is -0.493 e. The van der Waals surface area contributed by atoms with Crippen LogP contribution in [0.25, 0.3) is 0 Å². The molecule has 0 aliphatic heterocycles. The average Bonchev–Trinajstić information content (AvgIpc) is 3.67. The zero-order valence-electron chi connectivity index (χ0n) is 33.9. The molecule has 3 aliphatic rings. The molecule has 2 N–H and O–H groups in total. The molecule has 310 valence electrons. The van der Waals surface area contributed by atoms with Gasteiger partial charge in [-0.05, 0) is 60.8 Å². The largest absolute Gasteiger partial charge is 0.493 e. The van der Waals surface area contributed by atoms with Gasteiger partial charge >= 0.3 is 12.1 Å². The normalized spacial score (nSPS) is 22.7. The third-order valence-electron chi connectivity index (χ3n) is 12.3. The molecule has 14 heteroatoms. The van der Waals surface area contributed by atoms with Crippen molar-refractivity contribution in [3.05, 3.63) is 99.0 Å². The number of aliphatic hydroxyl groups is 1. The highest BCUT2D eigenvalue weighted by atomic mass is 19.4. The molecule has 5 atom stereocenters. The lowest BCUT2D eigenvalue weighted by Gasteiger charge is -2.39. The maximum atomic E-state index is 14.2. The van der Waals surface area contributed by atoms with Crippen LogP contribution in [0.5, 0.6) is 11.5 Å². The van der Waals surface area contributed by atoms with E-state index in [1.165, 1.54) is 25.7 Å². The van der Waals surface area contributed by atoms with E-state index >= 15 is 0 Å². The van der Waals surface area contributed by atoms with Gasteiger partial charge in [0, 0.05) is 54.7 Å². The molecule has 2 aromatic rings. The summed E-state index contributed by atoms with van der Waals surface area (Å²) in [7, 11) is 1.39. The van der Waals surface area contributed by atoms with E-state index in [9.17, 15) is 38.0 Å². The third kappa shape index (κ3) is 8.28. The van der Waals surface area contributed by atoms with Gasteiger partial charge in [-0.15, -0.1) is 0 Å². The summed E-state index contributed by atoms with van der Waals surface area (Å²) in [5, 5.41) is 26.2. The number of nitro benzene ring substituents is 1. The van der Waals surface area contributed by atoms with E-state index in [0.29, 0.717) is 17.9 Å². The van der Waals surface area contributed by atoms with Gasteiger partial charge in [-0.3, -0.25) is 19.7 Å². The Morgan fingerprint density at radius 1 is 1.00 bits per heavy atom. The second-order valence-electron chi connectivity index (χ2n) is 16.3. The molecule has 2 amide bonds. The number of nitrogens with zero attached hydrogens (tertiary/aromatic N) is 2. The molecule has 1 saturated carbocycles. The van der Waals surface area contributed by atoms with Crippen molar-refractivity contribution >= 4 is 17.5 Å². The number of hydrogen-bond donors (Lipinski definition) is 2. The van der Waals surface area contributed by atoms with Crippen LogP contribution in [0.4, 0.5) is 18.9 Å². The molecule has 2 bridgehead atoms. The zero-order chi connectivity index (χ0) is 42.1. The predicted molar refractivity (Wildman–Crippen MR) is 208 cm³/mol. The number of carbonyl (C=O) groups excluding carboxylic acids is 2. The summed E-state index contributed by atoms with van der Waals surface area (Å²) in [6.45, 7) is 14.1. The van der Waals surface area contributed by atoms with Crippen molar-refractivity contribution in [3.8, 4) is 11.5 Å². The van der Waals surface area contributed by atoms with Crippen LogP contribution in [0.15, 0.2) is 72.2 Å².